The molecule has 1 atom stereocenters. The molecular formula is C20H14F2N2O2S. The molecule has 1 aliphatic rings. The number of rotatable bonds is 2. The van der Waals surface area contributed by atoms with E-state index in [1.54, 1.807) is 29.6 Å². The number of anilines is 1. The second-order valence-corrected chi connectivity index (χ2v) is 7.09. The van der Waals surface area contributed by atoms with Crippen molar-refractivity contribution in [1.29, 1.82) is 0 Å². The van der Waals surface area contributed by atoms with E-state index in [1.165, 1.54) is 46.6 Å². The number of amides is 2. The highest BCUT2D eigenvalue weighted by molar-refractivity contribution is 7.12. The van der Waals surface area contributed by atoms with Gasteiger partial charge in [0.05, 0.1) is 10.9 Å². The Morgan fingerprint density at radius 2 is 1.81 bits per heavy atom. The van der Waals surface area contributed by atoms with Crippen LogP contribution in [0.3, 0.4) is 0 Å². The standard InChI is InChI=1S/C20H14F2N2O2S/c21-13-5-3-12(4-6-13)19-15-10-14(22)7-8-16(15)23-18(25)11-24(19)20(26)17-2-1-9-27-17/h1-10,19H,11H2,(H,23,25)/t19-/m1/s1. The summed E-state index contributed by atoms with van der Waals surface area (Å²) in [7, 11) is 0. The van der Waals surface area contributed by atoms with Crippen LogP contribution in [0.4, 0.5) is 14.5 Å². The smallest absolute Gasteiger partial charge is 0.265 e. The average molecular weight is 384 g/mol. The van der Waals surface area contributed by atoms with Crippen LogP contribution in [-0.4, -0.2) is 23.3 Å². The Bertz CT molecular complexity index is 1000. The van der Waals surface area contributed by atoms with Crippen LogP contribution in [0, 0.1) is 11.6 Å². The zero-order valence-electron chi connectivity index (χ0n) is 14.0. The van der Waals surface area contributed by atoms with Crippen LogP contribution in [0.5, 0.6) is 0 Å². The molecule has 4 rings (SSSR count). The number of thiophene rings is 1. The van der Waals surface area contributed by atoms with Gasteiger partial charge in [-0.25, -0.2) is 8.78 Å². The Hall–Kier alpha value is -3.06. The van der Waals surface area contributed by atoms with E-state index in [1.807, 2.05) is 0 Å². The van der Waals surface area contributed by atoms with Gasteiger partial charge in [0.2, 0.25) is 5.91 Å². The van der Waals surface area contributed by atoms with Crippen molar-refractivity contribution in [3.8, 4) is 0 Å². The molecule has 0 fully saturated rings. The molecule has 0 bridgehead atoms. The largest absolute Gasteiger partial charge is 0.324 e. The first-order valence-electron chi connectivity index (χ1n) is 8.22. The minimum Gasteiger partial charge on any atom is -0.324 e. The zero-order chi connectivity index (χ0) is 19.0. The first kappa shape index (κ1) is 17.4. The molecule has 2 amide bonds. The average Bonchev–Trinajstić information content (AvgIpc) is 3.14. The van der Waals surface area contributed by atoms with E-state index in [2.05, 4.69) is 5.32 Å². The van der Waals surface area contributed by atoms with Gasteiger partial charge in [-0.05, 0) is 47.3 Å². The lowest BCUT2D eigenvalue weighted by Crippen LogP contribution is -2.38. The van der Waals surface area contributed by atoms with E-state index in [0.717, 1.165) is 0 Å². The lowest BCUT2D eigenvalue weighted by molar-refractivity contribution is -0.117. The molecule has 27 heavy (non-hydrogen) atoms. The number of benzene rings is 2. The van der Waals surface area contributed by atoms with Crippen LogP contribution < -0.4 is 5.32 Å². The van der Waals surface area contributed by atoms with Crippen molar-refractivity contribution in [2.24, 2.45) is 0 Å². The minimum atomic E-state index is -0.732. The molecule has 1 N–H and O–H groups in total. The van der Waals surface area contributed by atoms with E-state index in [0.29, 0.717) is 21.7 Å². The Balaban J connectivity index is 1.90. The van der Waals surface area contributed by atoms with Crippen molar-refractivity contribution < 1.29 is 18.4 Å². The molecule has 3 aromatic rings. The van der Waals surface area contributed by atoms with Crippen molar-refractivity contribution in [3.05, 3.63) is 87.6 Å². The lowest BCUT2D eigenvalue weighted by Gasteiger charge is -2.30. The first-order valence-corrected chi connectivity index (χ1v) is 9.10. The molecule has 0 spiro atoms. The van der Waals surface area contributed by atoms with E-state index < -0.39 is 17.7 Å². The molecule has 2 heterocycles. The Labute approximate surface area is 158 Å². The van der Waals surface area contributed by atoms with E-state index in [-0.39, 0.29) is 18.4 Å². The number of hydrogen-bond acceptors (Lipinski definition) is 3. The molecule has 136 valence electrons. The molecule has 0 saturated heterocycles. The second kappa shape index (κ2) is 6.92. The number of halogens is 2. The summed E-state index contributed by atoms with van der Waals surface area (Å²) in [5.41, 5.74) is 1.46. The molecule has 0 aliphatic carbocycles. The maximum absolute atomic E-state index is 14.0. The molecule has 2 aromatic carbocycles. The van der Waals surface area contributed by atoms with Gasteiger partial charge in [-0.2, -0.15) is 0 Å². The van der Waals surface area contributed by atoms with Gasteiger partial charge < -0.3 is 10.2 Å². The maximum Gasteiger partial charge on any atom is 0.265 e. The van der Waals surface area contributed by atoms with Crippen molar-refractivity contribution in [2.45, 2.75) is 6.04 Å². The molecular weight excluding hydrogens is 370 g/mol. The van der Waals surface area contributed by atoms with E-state index >= 15 is 0 Å². The highest BCUT2D eigenvalue weighted by atomic mass is 32.1. The van der Waals surface area contributed by atoms with Gasteiger partial charge in [0, 0.05) is 11.3 Å². The van der Waals surface area contributed by atoms with Crippen LogP contribution in [-0.2, 0) is 4.79 Å². The third-order valence-corrected chi connectivity index (χ3v) is 5.24. The van der Waals surface area contributed by atoms with Crippen LogP contribution in [0.25, 0.3) is 0 Å². The lowest BCUT2D eigenvalue weighted by atomic mass is 9.95. The fourth-order valence-electron chi connectivity index (χ4n) is 3.21. The molecule has 0 unspecified atom stereocenters. The van der Waals surface area contributed by atoms with Gasteiger partial charge in [0.1, 0.15) is 18.2 Å². The third kappa shape index (κ3) is 3.33. The fourth-order valence-corrected chi connectivity index (χ4v) is 3.89. The van der Waals surface area contributed by atoms with Gasteiger partial charge in [0.25, 0.3) is 5.91 Å². The molecule has 1 aliphatic heterocycles. The van der Waals surface area contributed by atoms with Crippen LogP contribution in [0.1, 0.15) is 26.8 Å². The third-order valence-electron chi connectivity index (χ3n) is 4.39. The summed E-state index contributed by atoms with van der Waals surface area (Å²) in [6.45, 7) is -0.199. The molecule has 4 nitrogen and oxygen atoms in total. The number of nitrogens with zero attached hydrogens (tertiary/aromatic N) is 1. The topological polar surface area (TPSA) is 49.4 Å². The van der Waals surface area contributed by atoms with Crippen LogP contribution in [0.15, 0.2) is 60.0 Å². The highest BCUT2D eigenvalue weighted by Gasteiger charge is 2.34. The number of hydrogen-bond donors (Lipinski definition) is 1. The zero-order valence-corrected chi connectivity index (χ0v) is 14.8. The van der Waals surface area contributed by atoms with Crippen molar-refractivity contribution in [3.63, 3.8) is 0 Å². The summed E-state index contributed by atoms with van der Waals surface area (Å²) >= 11 is 1.26. The normalized spacial score (nSPS) is 16.4. The second-order valence-electron chi connectivity index (χ2n) is 6.14. The SMILES string of the molecule is O=C1CN(C(=O)c2cccs2)[C@H](c2ccc(F)cc2)c2cc(F)ccc2N1. The predicted molar refractivity (Wildman–Crippen MR) is 98.6 cm³/mol. The molecule has 0 saturated carbocycles. The van der Waals surface area contributed by atoms with Gasteiger partial charge in [-0.15, -0.1) is 11.3 Å². The quantitative estimate of drug-likeness (QED) is 0.720. The molecule has 1 aromatic heterocycles. The first-order chi connectivity index (χ1) is 13.0. The van der Waals surface area contributed by atoms with Gasteiger partial charge in [-0.1, -0.05) is 18.2 Å². The van der Waals surface area contributed by atoms with Crippen molar-refractivity contribution in [1.82, 2.24) is 4.90 Å². The van der Waals surface area contributed by atoms with Gasteiger partial charge >= 0.3 is 0 Å². The summed E-state index contributed by atoms with van der Waals surface area (Å²) in [6, 6.07) is 12.3. The monoisotopic (exact) mass is 384 g/mol. The Morgan fingerprint density at radius 1 is 1.07 bits per heavy atom. The maximum atomic E-state index is 14.0. The number of carbonyl (C=O) groups excluding carboxylic acids is 2. The highest BCUT2D eigenvalue weighted by Crippen LogP contribution is 2.37. The van der Waals surface area contributed by atoms with E-state index in [4.69, 9.17) is 0 Å². The van der Waals surface area contributed by atoms with Gasteiger partial charge in [0.15, 0.2) is 0 Å². The summed E-state index contributed by atoms with van der Waals surface area (Å²) in [6.07, 6.45) is 0. The molecule has 0 radical (unpaired) electrons. The number of fused-ring (bicyclic) bond motifs is 1. The summed E-state index contributed by atoms with van der Waals surface area (Å²) in [4.78, 5) is 27.3. The number of carbonyl (C=O) groups is 2. The summed E-state index contributed by atoms with van der Waals surface area (Å²) in [5.74, 6) is -1.62. The predicted octanol–water partition coefficient (Wildman–Crippen LogP) is 4.21. The number of nitrogens with one attached hydrogen (secondary N) is 1. The van der Waals surface area contributed by atoms with Crippen molar-refractivity contribution in [2.75, 3.05) is 11.9 Å². The Morgan fingerprint density at radius 3 is 2.52 bits per heavy atom. The van der Waals surface area contributed by atoms with Gasteiger partial charge in [-0.3, -0.25) is 9.59 Å². The summed E-state index contributed by atoms with van der Waals surface area (Å²) in [5, 5.41) is 4.49. The Kier molecular flexibility index (Phi) is 4.45. The van der Waals surface area contributed by atoms with Crippen molar-refractivity contribution >= 4 is 28.8 Å². The van der Waals surface area contributed by atoms with Crippen LogP contribution in [0.2, 0.25) is 0 Å². The minimum absolute atomic E-state index is 0.199. The summed E-state index contributed by atoms with van der Waals surface area (Å²) < 4.78 is 27.4. The van der Waals surface area contributed by atoms with Crippen LogP contribution >= 0.6 is 11.3 Å². The fraction of sp³-hybridized carbons (Fsp3) is 0.100. The molecule has 7 heteroatoms. The van der Waals surface area contributed by atoms with E-state index in [9.17, 15) is 18.4 Å².